The van der Waals surface area contributed by atoms with Crippen molar-refractivity contribution in [3.05, 3.63) is 59.2 Å². The first-order valence-electron chi connectivity index (χ1n) is 7.62. The summed E-state index contributed by atoms with van der Waals surface area (Å²) in [5.74, 6) is -0.0531. The number of nitrogen functional groups attached to an aromatic ring is 1. The zero-order valence-electron chi connectivity index (χ0n) is 12.8. The Morgan fingerprint density at radius 3 is 2.73 bits per heavy atom. The average molecular weight is 295 g/mol. The lowest BCUT2D eigenvalue weighted by Crippen LogP contribution is -2.29. The molecule has 1 aliphatic rings. The van der Waals surface area contributed by atoms with Crippen LogP contribution in [0, 0.1) is 0 Å². The Morgan fingerprint density at radius 2 is 2.00 bits per heavy atom. The first kappa shape index (κ1) is 14.4. The second-order valence-corrected chi connectivity index (χ2v) is 5.65. The molecule has 4 nitrogen and oxygen atoms in total. The summed E-state index contributed by atoms with van der Waals surface area (Å²) in [6, 6.07) is 13.9. The Morgan fingerprint density at radius 1 is 1.23 bits per heavy atom. The van der Waals surface area contributed by atoms with Crippen LogP contribution in [-0.2, 0) is 13.0 Å². The standard InChI is InChI=1S/C18H21N3O/c1-20-18(22)14-9-7-13(8-10-14)12-21-11-3-4-15-16(19)5-2-6-17(15)21/h2,5-10H,3-4,11-12,19H2,1H3,(H,20,22). The van der Waals surface area contributed by atoms with Gasteiger partial charge in [0.1, 0.15) is 0 Å². The topological polar surface area (TPSA) is 58.4 Å². The van der Waals surface area contributed by atoms with E-state index in [9.17, 15) is 4.79 Å². The molecule has 22 heavy (non-hydrogen) atoms. The highest BCUT2D eigenvalue weighted by atomic mass is 16.1. The summed E-state index contributed by atoms with van der Waals surface area (Å²) in [5.41, 5.74) is 11.4. The molecule has 0 saturated carbocycles. The molecule has 0 bridgehead atoms. The molecule has 3 N–H and O–H groups in total. The Balaban J connectivity index is 1.80. The van der Waals surface area contributed by atoms with Crippen LogP contribution in [0.25, 0.3) is 0 Å². The second-order valence-electron chi connectivity index (χ2n) is 5.65. The Kier molecular flexibility index (Phi) is 4.00. The maximum absolute atomic E-state index is 11.6. The van der Waals surface area contributed by atoms with Gasteiger partial charge in [0, 0.05) is 37.1 Å². The van der Waals surface area contributed by atoms with Crippen molar-refractivity contribution in [3.63, 3.8) is 0 Å². The number of anilines is 2. The molecular formula is C18H21N3O. The van der Waals surface area contributed by atoms with E-state index in [1.165, 1.54) is 16.8 Å². The highest BCUT2D eigenvalue weighted by molar-refractivity contribution is 5.93. The third-order valence-electron chi connectivity index (χ3n) is 4.20. The van der Waals surface area contributed by atoms with E-state index in [-0.39, 0.29) is 5.91 Å². The van der Waals surface area contributed by atoms with Crippen molar-refractivity contribution in [1.29, 1.82) is 0 Å². The summed E-state index contributed by atoms with van der Waals surface area (Å²) in [6.07, 6.45) is 2.17. The average Bonchev–Trinajstić information content (AvgIpc) is 2.56. The maximum atomic E-state index is 11.6. The van der Waals surface area contributed by atoms with Crippen LogP contribution >= 0.6 is 0 Å². The van der Waals surface area contributed by atoms with Crippen molar-refractivity contribution in [2.45, 2.75) is 19.4 Å². The quantitative estimate of drug-likeness (QED) is 0.856. The van der Waals surface area contributed by atoms with Gasteiger partial charge in [-0.25, -0.2) is 0 Å². The molecule has 2 aromatic rings. The highest BCUT2D eigenvalue weighted by Crippen LogP contribution is 2.32. The zero-order chi connectivity index (χ0) is 15.5. The molecule has 0 aliphatic carbocycles. The lowest BCUT2D eigenvalue weighted by atomic mass is 9.99. The van der Waals surface area contributed by atoms with E-state index >= 15 is 0 Å². The number of hydrogen-bond donors (Lipinski definition) is 2. The van der Waals surface area contributed by atoms with E-state index in [4.69, 9.17) is 5.73 Å². The van der Waals surface area contributed by atoms with Gasteiger partial charge in [0.15, 0.2) is 0 Å². The van der Waals surface area contributed by atoms with E-state index < -0.39 is 0 Å². The largest absolute Gasteiger partial charge is 0.398 e. The third kappa shape index (κ3) is 2.77. The summed E-state index contributed by atoms with van der Waals surface area (Å²) >= 11 is 0. The molecule has 0 fully saturated rings. The lowest BCUT2D eigenvalue weighted by molar-refractivity contribution is 0.0963. The van der Waals surface area contributed by atoms with E-state index in [0.29, 0.717) is 5.56 Å². The van der Waals surface area contributed by atoms with Gasteiger partial charge in [0.25, 0.3) is 5.91 Å². The van der Waals surface area contributed by atoms with Crippen LogP contribution < -0.4 is 16.0 Å². The van der Waals surface area contributed by atoms with Crippen LogP contribution in [0.2, 0.25) is 0 Å². The molecule has 3 rings (SSSR count). The van der Waals surface area contributed by atoms with Gasteiger partial charge >= 0.3 is 0 Å². The molecule has 0 unspecified atom stereocenters. The maximum Gasteiger partial charge on any atom is 0.251 e. The number of nitrogens with zero attached hydrogens (tertiary/aromatic N) is 1. The molecule has 2 aromatic carbocycles. The van der Waals surface area contributed by atoms with Gasteiger partial charge in [-0.1, -0.05) is 18.2 Å². The minimum absolute atomic E-state index is 0.0531. The van der Waals surface area contributed by atoms with E-state index in [0.717, 1.165) is 31.6 Å². The number of carbonyl (C=O) groups is 1. The van der Waals surface area contributed by atoms with E-state index in [1.54, 1.807) is 7.05 Å². The Hall–Kier alpha value is -2.49. The Bertz CT molecular complexity index is 679. The summed E-state index contributed by atoms with van der Waals surface area (Å²) in [4.78, 5) is 13.9. The predicted octanol–water partition coefficient (Wildman–Crippen LogP) is 2.58. The van der Waals surface area contributed by atoms with Crippen LogP contribution in [0.1, 0.15) is 27.9 Å². The van der Waals surface area contributed by atoms with Gasteiger partial charge in [-0.3, -0.25) is 4.79 Å². The van der Waals surface area contributed by atoms with Gasteiger partial charge in [-0.05, 0) is 48.2 Å². The fourth-order valence-corrected chi connectivity index (χ4v) is 3.02. The smallest absolute Gasteiger partial charge is 0.251 e. The molecule has 1 heterocycles. The molecule has 0 aromatic heterocycles. The van der Waals surface area contributed by atoms with Crippen molar-refractivity contribution in [1.82, 2.24) is 5.32 Å². The third-order valence-corrected chi connectivity index (χ3v) is 4.20. The summed E-state index contributed by atoms with van der Waals surface area (Å²) in [5, 5.41) is 2.64. The molecule has 0 saturated heterocycles. The van der Waals surface area contributed by atoms with Crippen molar-refractivity contribution < 1.29 is 4.79 Å². The SMILES string of the molecule is CNC(=O)c1ccc(CN2CCCc3c(N)cccc32)cc1. The number of hydrogen-bond acceptors (Lipinski definition) is 3. The summed E-state index contributed by atoms with van der Waals surface area (Å²) in [7, 11) is 1.64. The van der Waals surface area contributed by atoms with Crippen molar-refractivity contribution in [2.24, 2.45) is 0 Å². The number of fused-ring (bicyclic) bond motifs is 1. The molecule has 0 atom stereocenters. The molecule has 4 heteroatoms. The highest BCUT2D eigenvalue weighted by Gasteiger charge is 2.18. The summed E-state index contributed by atoms with van der Waals surface area (Å²) in [6.45, 7) is 1.87. The number of amides is 1. The first-order valence-corrected chi connectivity index (χ1v) is 7.62. The molecular weight excluding hydrogens is 274 g/mol. The van der Waals surface area contributed by atoms with Gasteiger partial charge in [-0.2, -0.15) is 0 Å². The molecule has 1 amide bonds. The van der Waals surface area contributed by atoms with E-state index in [1.807, 2.05) is 36.4 Å². The minimum Gasteiger partial charge on any atom is -0.398 e. The normalized spacial score (nSPS) is 13.6. The molecule has 0 radical (unpaired) electrons. The fraction of sp³-hybridized carbons (Fsp3) is 0.278. The minimum atomic E-state index is -0.0531. The zero-order valence-corrected chi connectivity index (χ0v) is 12.8. The number of nitrogens with one attached hydrogen (secondary N) is 1. The first-order chi connectivity index (χ1) is 10.7. The van der Waals surface area contributed by atoms with Crippen LogP contribution in [0.3, 0.4) is 0 Å². The second kappa shape index (κ2) is 6.10. The van der Waals surface area contributed by atoms with Gasteiger partial charge in [-0.15, -0.1) is 0 Å². The van der Waals surface area contributed by atoms with Crippen LogP contribution in [0.15, 0.2) is 42.5 Å². The van der Waals surface area contributed by atoms with Crippen molar-refractivity contribution >= 4 is 17.3 Å². The Labute approximate surface area is 130 Å². The predicted molar refractivity (Wildman–Crippen MR) is 90.1 cm³/mol. The van der Waals surface area contributed by atoms with Gasteiger partial charge in [0.05, 0.1) is 0 Å². The number of rotatable bonds is 3. The number of benzene rings is 2. The lowest BCUT2D eigenvalue weighted by Gasteiger charge is -2.32. The van der Waals surface area contributed by atoms with Crippen LogP contribution in [0.4, 0.5) is 11.4 Å². The van der Waals surface area contributed by atoms with E-state index in [2.05, 4.69) is 16.3 Å². The van der Waals surface area contributed by atoms with Crippen molar-refractivity contribution in [2.75, 3.05) is 24.2 Å². The molecule has 0 spiro atoms. The van der Waals surface area contributed by atoms with Crippen LogP contribution in [-0.4, -0.2) is 19.5 Å². The van der Waals surface area contributed by atoms with Crippen molar-refractivity contribution in [3.8, 4) is 0 Å². The van der Waals surface area contributed by atoms with Gasteiger partial charge < -0.3 is 16.0 Å². The van der Waals surface area contributed by atoms with Gasteiger partial charge in [0.2, 0.25) is 0 Å². The number of carbonyl (C=O) groups excluding carboxylic acids is 1. The number of nitrogens with two attached hydrogens (primary N) is 1. The molecule has 114 valence electrons. The molecule has 1 aliphatic heterocycles. The van der Waals surface area contributed by atoms with Crippen LogP contribution in [0.5, 0.6) is 0 Å². The fourth-order valence-electron chi connectivity index (χ4n) is 3.02. The summed E-state index contributed by atoms with van der Waals surface area (Å²) < 4.78 is 0. The monoisotopic (exact) mass is 295 g/mol.